The van der Waals surface area contributed by atoms with E-state index in [1.807, 2.05) is 38.1 Å². The Kier molecular flexibility index (Phi) is 5.00. The van der Waals surface area contributed by atoms with Crippen molar-refractivity contribution in [1.29, 1.82) is 0 Å². The predicted octanol–water partition coefficient (Wildman–Crippen LogP) is 1.14. The van der Waals surface area contributed by atoms with Crippen molar-refractivity contribution < 1.29 is 0 Å². The second-order valence-electron chi connectivity index (χ2n) is 4.86. The maximum absolute atomic E-state index is 5.40. The molecule has 0 bridgehead atoms. The summed E-state index contributed by atoms with van der Waals surface area (Å²) in [6, 6.07) is 7.73. The van der Waals surface area contributed by atoms with Gasteiger partial charge in [0, 0.05) is 11.6 Å². The minimum absolute atomic E-state index is 0.139. The number of anilines is 1. The van der Waals surface area contributed by atoms with Crippen LogP contribution in [0.2, 0.25) is 0 Å². The molecule has 0 aliphatic carbocycles. The molecule has 0 saturated heterocycles. The second-order valence-corrected chi connectivity index (χ2v) is 4.86. The van der Waals surface area contributed by atoms with E-state index in [9.17, 15) is 0 Å². The van der Waals surface area contributed by atoms with Crippen LogP contribution >= 0.6 is 0 Å². The number of hydrogen-bond acceptors (Lipinski definition) is 5. The van der Waals surface area contributed by atoms with Gasteiger partial charge in [0.1, 0.15) is 0 Å². The number of nitrogen functional groups attached to an aromatic ring is 1. The van der Waals surface area contributed by atoms with Crippen LogP contribution in [0, 0.1) is 5.41 Å². The van der Waals surface area contributed by atoms with Gasteiger partial charge >= 0.3 is 0 Å². The Morgan fingerprint density at radius 3 is 2.28 bits per heavy atom. The molecule has 18 heavy (non-hydrogen) atoms. The Morgan fingerprint density at radius 2 is 1.72 bits per heavy atom. The lowest BCUT2D eigenvalue weighted by Crippen LogP contribution is -2.31. The minimum Gasteiger partial charge on any atom is -0.368 e. The zero-order valence-corrected chi connectivity index (χ0v) is 10.9. The summed E-state index contributed by atoms with van der Waals surface area (Å²) in [6.07, 6.45) is 1.72. The highest BCUT2D eigenvalue weighted by molar-refractivity contribution is 5.78. The van der Waals surface area contributed by atoms with Gasteiger partial charge in [0.05, 0.1) is 5.52 Å². The molecule has 0 amide bonds. The summed E-state index contributed by atoms with van der Waals surface area (Å²) < 4.78 is 0. The molecule has 98 valence electrons. The lowest BCUT2D eigenvalue weighted by molar-refractivity contribution is 0.393. The molecule has 6 N–H and O–H groups in total. The molecular formula is C13H21N5. The number of rotatable bonds is 2. The normalized spacial score (nSPS) is 10.9. The van der Waals surface area contributed by atoms with Crippen molar-refractivity contribution in [3.8, 4) is 0 Å². The van der Waals surface area contributed by atoms with Crippen molar-refractivity contribution in [2.24, 2.45) is 16.9 Å². The minimum atomic E-state index is 0.139. The SMILES string of the molecule is CC(C)(CN)CN.Nc1ncc2ccccc2n1. The first-order valence-corrected chi connectivity index (χ1v) is 5.86. The number of hydrogen-bond donors (Lipinski definition) is 3. The molecule has 0 unspecified atom stereocenters. The van der Waals surface area contributed by atoms with Gasteiger partial charge in [0.25, 0.3) is 0 Å². The third-order valence-electron chi connectivity index (χ3n) is 2.61. The summed E-state index contributed by atoms with van der Waals surface area (Å²) in [7, 11) is 0. The van der Waals surface area contributed by atoms with Crippen molar-refractivity contribution in [2.75, 3.05) is 18.8 Å². The fourth-order valence-corrected chi connectivity index (χ4v) is 1.07. The maximum atomic E-state index is 5.40. The summed E-state index contributed by atoms with van der Waals surface area (Å²) in [5, 5.41) is 1.02. The molecule has 1 aromatic heterocycles. The van der Waals surface area contributed by atoms with E-state index >= 15 is 0 Å². The average molecular weight is 247 g/mol. The summed E-state index contributed by atoms with van der Waals surface area (Å²) in [6.45, 7) is 5.44. The van der Waals surface area contributed by atoms with E-state index in [0.29, 0.717) is 19.0 Å². The van der Waals surface area contributed by atoms with Crippen molar-refractivity contribution in [1.82, 2.24) is 9.97 Å². The summed E-state index contributed by atoms with van der Waals surface area (Å²) >= 11 is 0. The number of aromatic nitrogens is 2. The monoisotopic (exact) mass is 247 g/mol. The van der Waals surface area contributed by atoms with E-state index in [-0.39, 0.29) is 5.41 Å². The number of para-hydroxylation sites is 1. The molecule has 0 aliphatic heterocycles. The van der Waals surface area contributed by atoms with Crippen molar-refractivity contribution in [3.63, 3.8) is 0 Å². The smallest absolute Gasteiger partial charge is 0.220 e. The molecule has 1 heterocycles. The average Bonchev–Trinajstić information content (AvgIpc) is 2.39. The number of nitrogens with zero attached hydrogens (tertiary/aromatic N) is 2. The molecule has 0 saturated carbocycles. The molecule has 2 aromatic rings. The van der Waals surface area contributed by atoms with E-state index in [2.05, 4.69) is 9.97 Å². The van der Waals surface area contributed by atoms with Crippen LogP contribution in [0.4, 0.5) is 5.95 Å². The van der Waals surface area contributed by atoms with Crippen molar-refractivity contribution in [2.45, 2.75) is 13.8 Å². The second kappa shape index (κ2) is 6.28. The molecule has 5 nitrogen and oxygen atoms in total. The molecule has 1 aromatic carbocycles. The highest BCUT2D eigenvalue weighted by Gasteiger charge is 2.10. The summed E-state index contributed by atoms with van der Waals surface area (Å²) in [4.78, 5) is 7.92. The van der Waals surface area contributed by atoms with Gasteiger partial charge in [-0.05, 0) is 24.6 Å². The molecule has 0 fully saturated rings. The fourth-order valence-electron chi connectivity index (χ4n) is 1.07. The van der Waals surface area contributed by atoms with Crippen LogP contribution in [0.15, 0.2) is 30.5 Å². The summed E-state index contributed by atoms with van der Waals surface area (Å²) in [5.41, 5.74) is 17.1. The fraction of sp³-hybridized carbons (Fsp3) is 0.385. The molecular weight excluding hydrogens is 226 g/mol. The molecule has 0 spiro atoms. The maximum Gasteiger partial charge on any atom is 0.220 e. The van der Waals surface area contributed by atoms with Gasteiger partial charge in [0.2, 0.25) is 5.95 Å². The van der Waals surface area contributed by atoms with Crippen LogP contribution < -0.4 is 17.2 Å². The van der Waals surface area contributed by atoms with Gasteiger partial charge in [-0.2, -0.15) is 0 Å². The molecule has 0 radical (unpaired) electrons. The van der Waals surface area contributed by atoms with Gasteiger partial charge in [0.15, 0.2) is 0 Å². The standard InChI is InChI=1S/C8H7N3.C5H14N2/c9-8-10-5-6-3-1-2-4-7(6)11-8;1-5(2,3-6)4-7/h1-5H,(H2,9,10,11);3-4,6-7H2,1-2H3. The molecule has 0 atom stereocenters. The van der Waals surface area contributed by atoms with E-state index in [4.69, 9.17) is 17.2 Å². The van der Waals surface area contributed by atoms with E-state index in [1.54, 1.807) is 6.20 Å². The molecule has 2 rings (SSSR count). The van der Waals surface area contributed by atoms with Gasteiger partial charge < -0.3 is 17.2 Å². The predicted molar refractivity (Wildman–Crippen MR) is 75.8 cm³/mol. The Morgan fingerprint density at radius 1 is 1.11 bits per heavy atom. The highest BCUT2D eigenvalue weighted by Crippen LogP contribution is 2.09. The van der Waals surface area contributed by atoms with Crippen LogP contribution in [0.25, 0.3) is 10.9 Å². The first-order valence-electron chi connectivity index (χ1n) is 5.86. The first kappa shape index (κ1) is 14.3. The Balaban J connectivity index is 0.000000203. The van der Waals surface area contributed by atoms with Crippen LogP contribution in [-0.4, -0.2) is 23.1 Å². The van der Waals surface area contributed by atoms with Crippen LogP contribution in [0.3, 0.4) is 0 Å². The zero-order valence-electron chi connectivity index (χ0n) is 10.9. The van der Waals surface area contributed by atoms with Gasteiger partial charge in [-0.15, -0.1) is 0 Å². The van der Waals surface area contributed by atoms with Crippen LogP contribution in [-0.2, 0) is 0 Å². The molecule has 5 heteroatoms. The quantitative estimate of drug-likeness (QED) is 0.738. The zero-order chi connectivity index (χ0) is 13.6. The number of benzene rings is 1. The van der Waals surface area contributed by atoms with Crippen LogP contribution in [0.1, 0.15) is 13.8 Å². The molecule has 0 aliphatic rings. The lowest BCUT2D eigenvalue weighted by Gasteiger charge is -2.18. The topological polar surface area (TPSA) is 104 Å². The first-order chi connectivity index (χ1) is 8.48. The van der Waals surface area contributed by atoms with Crippen LogP contribution in [0.5, 0.6) is 0 Å². The lowest BCUT2D eigenvalue weighted by atomic mass is 9.95. The Bertz CT molecular complexity index is 489. The van der Waals surface area contributed by atoms with E-state index < -0.39 is 0 Å². The Labute approximate surface area is 107 Å². The van der Waals surface area contributed by atoms with Crippen molar-refractivity contribution >= 4 is 16.9 Å². The summed E-state index contributed by atoms with van der Waals surface area (Å²) in [5.74, 6) is 0.323. The van der Waals surface area contributed by atoms with E-state index in [1.165, 1.54) is 0 Å². The third-order valence-corrected chi connectivity index (χ3v) is 2.61. The van der Waals surface area contributed by atoms with Gasteiger partial charge in [-0.3, -0.25) is 0 Å². The van der Waals surface area contributed by atoms with Gasteiger partial charge in [-0.1, -0.05) is 32.0 Å². The van der Waals surface area contributed by atoms with Crippen molar-refractivity contribution in [3.05, 3.63) is 30.5 Å². The van der Waals surface area contributed by atoms with E-state index in [0.717, 1.165) is 10.9 Å². The van der Waals surface area contributed by atoms with Gasteiger partial charge in [-0.25, -0.2) is 9.97 Å². The number of nitrogens with two attached hydrogens (primary N) is 3. The number of fused-ring (bicyclic) bond motifs is 1. The Hall–Kier alpha value is -1.72. The largest absolute Gasteiger partial charge is 0.368 e. The third kappa shape index (κ3) is 4.27. The highest BCUT2D eigenvalue weighted by atomic mass is 15.0.